The Morgan fingerprint density at radius 2 is 1.52 bits per heavy atom. The van der Waals surface area contributed by atoms with Gasteiger partial charge < -0.3 is 10.1 Å². The molecule has 0 spiro atoms. The molecule has 6 nitrogen and oxygen atoms in total. The second-order valence-electron chi connectivity index (χ2n) is 6.53. The van der Waals surface area contributed by atoms with E-state index >= 15 is 0 Å². The Labute approximate surface area is 170 Å². The molecule has 0 atom stereocenters. The number of carbonyl (C=O) groups is 1. The summed E-state index contributed by atoms with van der Waals surface area (Å²) in [6, 6.07) is 18.3. The minimum Gasteiger partial charge on any atom is -0.495 e. The van der Waals surface area contributed by atoms with E-state index in [9.17, 15) is 13.2 Å². The molecule has 0 aromatic heterocycles. The number of carbonyl (C=O) groups excluding carboxylic acids is 1. The number of sulfonamides is 1. The average Bonchev–Trinajstić information content (AvgIpc) is 2.72. The van der Waals surface area contributed by atoms with Crippen molar-refractivity contribution in [1.29, 1.82) is 0 Å². The number of nitrogens with one attached hydrogen (secondary N) is 2. The first-order valence-electron chi connectivity index (χ1n) is 8.95. The highest BCUT2D eigenvalue weighted by Gasteiger charge is 2.17. The molecule has 2 N–H and O–H groups in total. The van der Waals surface area contributed by atoms with Crippen LogP contribution in [0.1, 0.15) is 21.5 Å². The van der Waals surface area contributed by atoms with E-state index in [-0.39, 0.29) is 10.8 Å². The van der Waals surface area contributed by atoms with Gasteiger partial charge in [0.1, 0.15) is 5.75 Å². The fourth-order valence-electron chi connectivity index (χ4n) is 2.79. The third kappa shape index (κ3) is 4.57. The van der Waals surface area contributed by atoms with E-state index in [2.05, 4.69) is 10.0 Å². The number of benzene rings is 3. The van der Waals surface area contributed by atoms with Gasteiger partial charge in [-0.25, -0.2) is 8.42 Å². The Bertz CT molecular complexity index is 1140. The topological polar surface area (TPSA) is 84.5 Å². The zero-order valence-electron chi connectivity index (χ0n) is 16.4. The summed E-state index contributed by atoms with van der Waals surface area (Å²) in [7, 11) is -2.24. The van der Waals surface area contributed by atoms with Gasteiger partial charge in [0, 0.05) is 5.56 Å². The van der Waals surface area contributed by atoms with Crippen LogP contribution in [0.5, 0.6) is 5.75 Å². The van der Waals surface area contributed by atoms with Crippen LogP contribution in [0.25, 0.3) is 0 Å². The maximum atomic E-state index is 12.7. The average molecular weight is 410 g/mol. The molecule has 0 saturated heterocycles. The monoisotopic (exact) mass is 410 g/mol. The number of rotatable bonds is 6. The summed E-state index contributed by atoms with van der Waals surface area (Å²) >= 11 is 0. The van der Waals surface area contributed by atoms with Crippen LogP contribution >= 0.6 is 0 Å². The molecule has 150 valence electrons. The number of aryl methyl sites for hydroxylation is 1. The SMILES string of the molecule is COc1ccccc1NC(=O)c1ccc(S(=O)(=O)Nc2cccc(C)c2C)cc1. The third-order valence-corrected chi connectivity index (χ3v) is 6.01. The van der Waals surface area contributed by atoms with Gasteiger partial charge in [-0.15, -0.1) is 0 Å². The molecule has 3 aromatic carbocycles. The first kappa shape index (κ1) is 20.4. The van der Waals surface area contributed by atoms with Crippen molar-refractivity contribution in [3.05, 3.63) is 83.4 Å². The van der Waals surface area contributed by atoms with Crippen molar-refractivity contribution in [2.24, 2.45) is 0 Å². The number of ether oxygens (including phenoxy) is 1. The fraction of sp³-hybridized carbons (Fsp3) is 0.136. The van der Waals surface area contributed by atoms with Gasteiger partial charge in [0.15, 0.2) is 0 Å². The standard InChI is InChI=1S/C22H22N2O4S/c1-15-7-6-9-19(16(15)2)24-29(26,27)18-13-11-17(12-14-18)22(25)23-20-8-4-5-10-21(20)28-3/h4-14,24H,1-3H3,(H,23,25). The molecule has 0 fully saturated rings. The molecular formula is C22H22N2O4S. The van der Waals surface area contributed by atoms with Crippen LogP contribution < -0.4 is 14.8 Å². The normalized spacial score (nSPS) is 11.0. The Hall–Kier alpha value is -3.32. The van der Waals surface area contributed by atoms with Gasteiger partial charge in [-0.2, -0.15) is 0 Å². The van der Waals surface area contributed by atoms with Crippen LogP contribution in [0, 0.1) is 13.8 Å². The third-order valence-electron chi connectivity index (χ3n) is 4.63. The van der Waals surface area contributed by atoms with E-state index in [0.717, 1.165) is 11.1 Å². The predicted octanol–water partition coefficient (Wildman–Crippen LogP) is 4.37. The summed E-state index contributed by atoms with van der Waals surface area (Å²) in [5, 5.41) is 2.76. The lowest BCUT2D eigenvalue weighted by molar-refractivity contribution is 0.102. The number of hydrogen-bond acceptors (Lipinski definition) is 4. The van der Waals surface area contributed by atoms with Gasteiger partial charge in [-0.1, -0.05) is 24.3 Å². The molecule has 0 unspecified atom stereocenters. The second-order valence-corrected chi connectivity index (χ2v) is 8.21. The van der Waals surface area contributed by atoms with Crippen LogP contribution in [0.3, 0.4) is 0 Å². The van der Waals surface area contributed by atoms with Crippen LogP contribution in [-0.4, -0.2) is 21.4 Å². The van der Waals surface area contributed by atoms with Gasteiger partial charge in [0.2, 0.25) is 0 Å². The Morgan fingerprint density at radius 1 is 0.862 bits per heavy atom. The first-order chi connectivity index (χ1) is 13.8. The molecule has 7 heteroatoms. The van der Waals surface area contributed by atoms with E-state index < -0.39 is 10.0 Å². The number of amides is 1. The van der Waals surface area contributed by atoms with Crippen LogP contribution in [0.15, 0.2) is 71.6 Å². The molecule has 0 heterocycles. The Morgan fingerprint density at radius 3 is 2.21 bits per heavy atom. The molecule has 3 aromatic rings. The lowest BCUT2D eigenvalue weighted by Crippen LogP contribution is -2.15. The second kappa shape index (κ2) is 8.36. The Kier molecular flexibility index (Phi) is 5.89. The van der Waals surface area contributed by atoms with E-state index in [1.54, 1.807) is 36.4 Å². The molecule has 0 bridgehead atoms. The number of para-hydroxylation sites is 2. The molecule has 29 heavy (non-hydrogen) atoms. The minimum atomic E-state index is -3.77. The van der Waals surface area contributed by atoms with Crippen molar-refractivity contribution < 1.29 is 17.9 Å². The van der Waals surface area contributed by atoms with Crippen molar-refractivity contribution in [2.45, 2.75) is 18.7 Å². The Balaban J connectivity index is 1.78. The lowest BCUT2D eigenvalue weighted by Gasteiger charge is -2.13. The quantitative estimate of drug-likeness (QED) is 0.632. The molecule has 1 amide bonds. The summed E-state index contributed by atoms with van der Waals surface area (Å²) in [5.41, 5.74) is 3.26. The van der Waals surface area contributed by atoms with Crippen molar-refractivity contribution in [1.82, 2.24) is 0 Å². The molecule has 0 saturated carbocycles. The molecule has 0 aliphatic rings. The summed E-state index contributed by atoms with van der Waals surface area (Å²) in [5.74, 6) is 0.179. The van der Waals surface area contributed by atoms with Crippen LogP contribution in [0.4, 0.5) is 11.4 Å². The highest BCUT2D eigenvalue weighted by atomic mass is 32.2. The van der Waals surface area contributed by atoms with E-state index in [1.165, 1.54) is 31.4 Å². The molecular weight excluding hydrogens is 388 g/mol. The summed E-state index contributed by atoms with van der Waals surface area (Å²) in [6.07, 6.45) is 0. The van der Waals surface area contributed by atoms with Crippen molar-refractivity contribution in [2.75, 3.05) is 17.1 Å². The van der Waals surface area contributed by atoms with E-state index in [4.69, 9.17) is 4.74 Å². The summed E-state index contributed by atoms with van der Waals surface area (Å²) in [6.45, 7) is 3.78. The van der Waals surface area contributed by atoms with Crippen molar-refractivity contribution in [3.8, 4) is 5.75 Å². The molecule has 0 aliphatic heterocycles. The number of anilines is 2. The predicted molar refractivity (Wildman–Crippen MR) is 114 cm³/mol. The molecule has 3 rings (SSSR count). The van der Waals surface area contributed by atoms with Crippen molar-refractivity contribution in [3.63, 3.8) is 0 Å². The highest BCUT2D eigenvalue weighted by molar-refractivity contribution is 7.92. The smallest absolute Gasteiger partial charge is 0.261 e. The van der Waals surface area contributed by atoms with E-state index in [1.807, 2.05) is 19.9 Å². The first-order valence-corrected chi connectivity index (χ1v) is 10.4. The maximum Gasteiger partial charge on any atom is 0.261 e. The zero-order valence-corrected chi connectivity index (χ0v) is 17.2. The number of hydrogen-bond donors (Lipinski definition) is 2. The van der Waals surface area contributed by atoms with Gasteiger partial charge in [-0.3, -0.25) is 9.52 Å². The zero-order chi connectivity index (χ0) is 21.0. The van der Waals surface area contributed by atoms with Gasteiger partial charge in [0.05, 0.1) is 23.4 Å². The number of methoxy groups -OCH3 is 1. The lowest BCUT2D eigenvalue weighted by atomic mass is 10.1. The maximum absolute atomic E-state index is 12.7. The summed E-state index contributed by atoms with van der Waals surface area (Å²) < 4.78 is 33.2. The van der Waals surface area contributed by atoms with Gasteiger partial charge >= 0.3 is 0 Å². The van der Waals surface area contributed by atoms with Gasteiger partial charge in [-0.05, 0) is 67.4 Å². The van der Waals surface area contributed by atoms with E-state index in [0.29, 0.717) is 22.7 Å². The molecule has 0 aliphatic carbocycles. The largest absolute Gasteiger partial charge is 0.495 e. The summed E-state index contributed by atoms with van der Waals surface area (Å²) in [4.78, 5) is 12.6. The molecule has 0 radical (unpaired) electrons. The van der Waals surface area contributed by atoms with Crippen LogP contribution in [0.2, 0.25) is 0 Å². The highest BCUT2D eigenvalue weighted by Crippen LogP contribution is 2.25. The van der Waals surface area contributed by atoms with Gasteiger partial charge in [0.25, 0.3) is 15.9 Å². The van der Waals surface area contributed by atoms with Crippen molar-refractivity contribution >= 4 is 27.3 Å². The minimum absolute atomic E-state index is 0.0762. The van der Waals surface area contributed by atoms with Crippen LogP contribution in [-0.2, 0) is 10.0 Å². The fourth-order valence-corrected chi connectivity index (χ4v) is 3.92.